The third kappa shape index (κ3) is 1.81. The van der Waals surface area contributed by atoms with Crippen molar-refractivity contribution in [3.05, 3.63) is 41.9 Å². The van der Waals surface area contributed by atoms with Crippen molar-refractivity contribution < 1.29 is 0 Å². The molecule has 4 heteroatoms. The van der Waals surface area contributed by atoms with Crippen molar-refractivity contribution in [2.45, 2.75) is 0 Å². The Hall–Kier alpha value is -1.48. The zero-order chi connectivity index (χ0) is 9.10. The molecule has 2 rings (SSSR count). The maximum absolute atomic E-state index is 5.70. The van der Waals surface area contributed by atoms with Gasteiger partial charge in [-0.3, -0.25) is 15.0 Å². The van der Waals surface area contributed by atoms with E-state index in [0.29, 0.717) is 5.02 Å². The minimum atomic E-state index is 0.618. The van der Waals surface area contributed by atoms with Crippen LogP contribution in [0.1, 0.15) is 0 Å². The topological polar surface area (TPSA) is 38.7 Å². The van der Waals surface area contributed by atoms with Crippen LogP contribution < -0.4 is 0 Å². The van der Waals surface area contributed by atoms with E-state index in [9.17, 15) is 0 Å². The van der Waals surface area contributed by atoms with E-state index in [2.05, 4.69) is 15.0 Å². The molecule has 64 valence electrons. The molecule has 3 nitrogen and oxygen atoms in total. The van der Waals surface area contributed by atoms with Gasteiger partial charge in [0.2, 0.25) is 0 Å². The second-order valence-corrected chi connectivity index (χ2v) is 2.89. The molecule has 2 heterocycles. The van der Waals surface area contributed by atoms with Crippen LogP contribution in [0.25, 0.3) is 11.4 Å². The molecule has 0 aromatic carbocycles. The van der Waals surface area contributed by atoms with Crippen molar-refractivity contribution in [2.75, 3.05) is 0 Å². The molecule has 0 saturated carbocycles. The van der Waals surface area contributed by atoms with E-state index in [1.165, 1.54) is 0 Å². The quantitative estimate of drug-likeness (QED) is 0.694. The van der Waals surface area contributed by atoms with Crippen LogP contribution in [0.2, 0.25) is 5.02 Å². The molecule has 0 N–H and O–H groups in total. The molecule has 2 aromatic heterocycles. The van der Waals surface area contributed by atoms with Gasteiger partial charge in [-0.05, 0) is 12.1 Å². The van der Waals surface area contributed by atoms with Gasteiger partial charge in [-0.1, -0.05) is 11.6 Å². The second-order valence-electron chi connectivity index (χ2n) is 2.45. The number of rotatable bonds is 1. The molecular formula is C9H6ClN3. The minimum Gasteiger partial charge on any atom is -0.261 e. The Morgan fingerprint density at radius 3 is 2.46 bits per heavy atom. The maximum atomic E-state index is 5.70. The molecule has 0 aliphatic rings. The Balaban J connectivity index is 2.42. The number of pyridine rings is 1. The van der Waals surface area contributed by atoms with Crippen molar-refractivity contribution in [1.82, 2.24) is 15.0 Å². The van der Waals surface area contributed by atoms with Gasteiger partial charge < -0.3 is 0 Å². The summed E-state index contributed by atoms with van der Waals surface area (Å²) < 4.78 is 0. The molecule has 0 aliphatic carbocycles. The van der Waals surface area contributed by atoms with Crippen molar-refractivity contribution in [1.29, 1.82) is 0 Å². The molecule has 2 aromatic rings. The van der Waals surface area contributed by atoms with E-state index >= 15 is 0 Å². The lowest BCUT2D eigenvalue weighted by Gasteiger charge is -1.97. The van der Waals surface area contributed by atoms with Crippen LogP contribution in [0.4, 0.5) is 0 Å². The van der Waals surface area contributed by atoms with Crippen LogP contribution in [0.15, 0.2) is 36.9 Å². The minimum absolute atomic E-state index is 0.618. The first-order chi connectivity index (χ1) is 6.36. The number of hydrogen-bond donors (Lipinski definition) is 0. The van der Waals surface area contributed by atoms with Gasteiger partial charge in [0.25, 0.3) is 0 Å². The smallest absolute Gasteiger partial charge is 0.107 e. The van der Waals surface area contributed by atoms with Gasteiger partial charge in [-0.2, -0.15) is 0 Å². The van der Waals surface area contributed by atoms with Gasteiger partial charge in [-0.15, -0.1) is 0 Å². The summed E-state index contributed by atoms with van der Waals surface area (Å²) in [6.45, 7) is 0. The lowest BCUT2D eigenvalue weighted by atomic mass is 10.3. The highest BCUT2D eigenvalue weighted by atomic mass is 35.5. The highest BCUT2D eigenvalue weighted by Crippen LogP contribution is 2.14. The summed E-state index contributed by atoms with van der Waals surface area (Å²) in [5.74, 6) is 0. The number of halogens is 1. The highest BCUT2D eigenvalue weighted by molar-refractivity contribution is 6.30. The fourth-order valence-electron chi connectivity index (χ4n) is 0.959. The highest BCUT2D eigenvalue weighted by Gasteiger charge is 1.98. The first-order valence-electron chi connectivity index (χ1n) is 3.74. The summed E-state index contributed by atoms with van der Waals surface area (Å²) in [5.41, 5.74) is 1.52. The van der Waals surface area contributed by atoms with E-state index in [4.69, 9.17) is 11.6 Å². The lowest BCUT2D eigenvalue weighted by molar-refractivity contribution is 1.18. The summed E-state index contributed by atoms with van der Waals surface area (Å²) in [4.78, 5) is 12.2. The Kier molecular flexibility index (Phi) is 2.19. The van der Waals surface area contributed by atoms with Crippen molar-refractivity contribution in [3.63, 3.8) is 0 Å². The third-order valence-electron chi connectivity index (χ3n) is 1.55. The molecule has 0 fully saturated rings. The Morgan fingerprint density at radius 1 is 0.923 bits per heavy atom. The standard InChI is InChI=1S/C9H6ClN3/c10-7-1-2-8(13-5-7)9-6-11-3-4-12-9/h1-6H. The first kappa shape index (κ1) is 8.13. The van der Waals surface area contributed by atoms with Crippen LogP contribution in [0.5, 0.6) is 0 Å². The lowest BCUT2D eigenvalue weighted by Crippen LogP contribution is -1.86. The predicted octanol–water partition coefficient (Wildman–Crippen LogP) is 2.19. The number of hydrogen-bond acceptors (Lipinski definition) is 3. The van der Waals surface area contributed by atoms with Gasteiger partial charge in [-0.25, -0.2) is 0 Å². The monoisotopic (exact) mass is 191 g/mol. The molecule has 13 heavy (non-hydrogen) atoms. The molecule has 0 aliphatic heterocycles. The van der Waals surface area contributed by atoms with E-state index in [-0.39, 0.29) is 0 Å². The average Bonchev–Trinajstić information content (AvgIpc) is 2.20. The molecule has 0 radical (unpaired) electrons. The maximum Gasteiger partial charge on any atom is 0.107 e. The van der Waals surface area contributed by atoms with Gasteiger partial charge in [0.1, 0.15) is 5.69 Å². The van der Waals surface area contributed by atoms with Gasteiger partial charge in [0.05, 0.1) is 16.9 Å². The Labute approximate surface area is 80.5 Å². The van der Waals surface area contributed by atoms with Gasteiger partial charge >= 0.3 is 0 Å². The summed E-state index contributed by atoms with van der Waals surface area (Å²) in [7, 11) is 0. The Morgan fingerprint density at radius 2 is 1.85 bits per heavy atom. The van der Waals surface area contributed by atoms with Gasteiger partial charge in [0.15, 0.2) is 0 Å². The zero-order valence-corrected chi connectivity index (χ0v) is 7.44. The van der Waals surface area contributed by atoms with E-state index < -0.39 is 0 Å². The van der Waals surface area contributed by atoms with Gasteiger partial charge in [0, 0.05) is 18.6 Å². The zero-order valence-electron chi connectivity index (χ0n) is 6.68. The van der Waals surface area contributed by atoms with Crippen LogP contribution in [-0.4, -0.2) is 15.0 Å². The van der Waals surface area contributed by atoms with Crippen molar-refractivity contribution in [3.8, 4) is 11.4 Å². The van der Waals surface area contributed by atoms with Crippen LogP contribution in [0, 0.1) is 0 Å². The fourth-order valence-corrected chi connectivity index (χ4v) is 1.07. The molecule has 0 bridgehead atoms. The first-order valence-corrected chi connectivity index (χ1v) is 4.12. The fraction of sp³-hybridized carbons (Fsp3) is 0. The summed E-state index contributed by atoms with van der Waals surface area (Å²) >= 11 is 5.70. The Bertz CT molecular complexity index is 385. The molecule has 0 amide bonds. The molecule has 0 unspecified atom stereocenters. The van der Waals surface area contributed by atoms with E-state index in [1.807, 2.05) is 6.07 Å². The normalized spacial score (nSPS) is 9.92. The summed E-state index contributed by atoms with van der Waals surface area (Å²) in [6, 6.07) is 3.59. The average molecular weight is 192 g/mol. The third-order valence-corrected chi connectivity index (χ3v) is 1.78. The number of nitrogens with zero attached hydrogens (tertiary/aromatic N) is 3. The number of aromatic nitrogens is 3. The van der Waals surface area contributed by atoms with Crippen molar-refractivity contribution in [2.24, 2.45) is 0 Å². The molecule has 0 atom stereocenters. The largest absolute Gasteiger partial charge is 0.261 e. The SMILES string of the molecule is Clc1ccc(-c2cnccn2)nc1. The molecule has 0 spiro atoms. The second kappa shape index (κ2) is 3.49. The van der Waals surface area contributed by atoms with E-state index in [1.54, 1.807) is 30.9 Å². The summed E-state index contributed by atoms with van der Waals surface area (Å²) in [6.07, 6.45) is 6.51. The molecule has 0 saturated heterocycles. The van der Waals surface area contributed by atoms with Crippen LogP contribution >= 0.6 is 11.6 Å². The molecular weight excluding hydrogens is 186 g/mol. The predicted molar refractivity (Wildman–Crippen MR) is 50.3 cm³/mol. The van der Waals surface area contributed by atoms with E-state index in [0.717, 1.165) is 11.4 Å². The summed E-state index contributed by atoms with van der Waals surface area (Å²) in [5, 5.41) is 0.618. The van der Waals surface area contributed by atoms with Crippen molar-refractivity contribution >= 4 is 11.6 Å². The van der Waals surface area contributed by atoms with Crippen LogP contribution in [0.3, 0.4) is 0 Å². The van der Waals surface area contributed by atoms with Crippen LogP contribution in [-0.2, 0) is 0 Å².